The van der Waals surface area contributed by atoms with E-state index in [1.165, 1.54) is 36.2 Å². The molecule has 2 heterocycles. The van der Waals surface area contributed by atoms with E-state index < -0.39 is 34.5 Å². The van der Waals surface area contributed by atoms with Gasteiger partial charge in [-0.05, 0) is 30.3 Å². The minimum Gasteiger partial charge on any atom is -0.293 e. The van der Waals surface area contributed by atoms with Crippen molar-refractivity contribution < 1.29 is 19.3 Å². The summed E-state index contributed by atoms with van der Waals surface area (Å²) in [6.07, 6.45) is 0. The molecule has 2 aliphatic heterocycles. The molecule has 2 aromatic rings. The molecule has 1 fully saturated rings. The van der Waals surface area contributed by atoms with E-state index in [-0.39, 0.29) is 17.1 Å². The Hall–Kier alpha value is -3.40. The zero-order chi connectivity index (χ0) is 20.9. The summed E-state index contributed by atoms with van der Waals surface area (Å²) in [5.74, 6) is -2.60. The number of hydrogen-bond donors (Lipinski definition) is 0. The number of Topliss-reactive ketones (excluding diaryl/α,β-unsaturated/α-hetero) is 1. The molecule has 0 bridgehead atoms. The summed E-state index contributed by atoms with van der Waals surface area (Å²) >= 11 is 3.30. The minimum absolute atomic E-state index is 0.0422. The lowest BCUT2D eigenvalue weighted by atomic mass is 9.95. The number of imide groups is 1. The third-order valence-corrected chi connectivity index (χ3v) is 5.33. The van der Waals surface area contributed by atoms with E-state index in [1.54, 1.807) is 24.3 Å². The molecular formula is C19H13BrN4O5. The van der Waals surface area contributed by atoms with E-state index in [4.69, 9.17) is 0 Å². The number of nitro groups is 1. The number of carbonyl (C=O) groups is 3. The third kappa shape index (κ3) is 3.01. The number of halogens is 1. The van der Waals surface area contributed by atoms with Crippen LogP contribution in [0.4, 0.5) is 17.1 Å². The highest BCUT2D eigenvalue weighted by atomic mass is 79.9. The number of nitro benzene ring substituents is 1. The predicted octanol–water partition coefficient (Wildman–Crippen LogP) is 2.68. The van der Waals surface area contributed by atoms with Crippen LogP contribution in [0.3, 0.4) is 0 Å². The van der Waals surface area contributed by atoms with Crippen LogP contribution in [0.5, 0.6) is 0 Å². The highest BCUT2D eigenvalue weighted by Crippen LogP contribution is 2.38. The summed E-state index contributed by atoms with van der Waals surface area (Å²) in [5.41, 5.74) is 0.398. The number of amides is 2. The summed E-state index contributed by atoms with van der Waals surface area (Å²) in [6.45, 7) is 1.27. The topological polar surface area (TPSA) is 113 Å². The van der Waals surface area contributed by atoms with Crippen molar-refractivity contribution in [2.75, 3.05) is 9.91 Å². The van der Waals surface area contributed by atoms with E-state index in [1.807, 2.05) is 0 Å². The molecule has 0 radical (unpaired) electrons. The Balaban J connectivity index is 1.80. The first kappa shape index (κ1) is 18.9. The summed E-state index contributed by atoms with van der Waals surface area (Å²) < 4.78 is 0.782. The van der Waals surface area contributed by atoms with E-state index >= 15 is 0 Å². The number of rotatable bonds is 4. The van der Waals surface area contributed by atoms with Crippen molar-refractivity contribution in [3.05, 3.63) is 63.1 Å². The van der Waals surface area contributed by atoms with Gasteiger partial charge in [0.05, 0.1) is 16.3 Å². The van der Waals surface area contributed by atoms with Gasteiger partial charge in [-0.1, -0.05) is 22.0 Å². The van der Waals surface area contributed by atoms with Crippen LogP contribution >= 0.6 is 15.9 Å². The van der Waals surface area contributed by atoms with Crippen molar-refractivity contribution in [1.82, 2.24) is 0 Å². The lowest BCUT2D eigenvalue weighted by molar-refractivity contribution is -0.384. The highest BCUT2D eigenvalue weighted by molar-refractivity contribution is 9.10. The van der Waals surface area contributed by atoms with Gasteiger partial charge in [0.2, 0.25) is 5.91 Å². The van der Waals surface area contributed by atoms with Gasteiger partial charge in [-0.3, -0.25) is 29.5 Å². The predicted molar refractivity (Wildman–Crippen MR) is 108 cm³/mol. The first-order chi connectivity index (χ1) is 13.8. The maximum atomic E-state index is 13.2. The number of carbonyl (C=O) groups excluding carboxylic acids is 3. The number of fused-ring (bicyclic) bond motifs is 1. The molecule has 4 rings (SSSR count). The molecule has 2 amide bonds. The quantitative estimate of drug-likeness (QED) is 0.396. The first-order valence-electron chi connectivity index (χ1n) is 8.56. The van der Waals surface area contributed by atoms with Gasteiger partial charge in [-0.2, -0.15) is 5.10 Å². The number of hydrazone groups is 1. The standard InChI is InChI=1S/C19H13BrN4O5/c1-10(25)16-15-17(23(21-16)13-3-2-4-14(9-13)24(28)29)19(27)22(18(15)26)12-7-5-11(20)6-8-12/h2-9,15,17H,1H3/t15-,17+/m0/s1. The number of benzene rings is 2. The Morgan fingerprint density at radius 2 is 1.79 bits per heavy atom. The van der Waals surface area contributed by atoms with Crippen molar-refractivity contribution in [1.29, 1.82) is 0 Å². The second-order valence-electron chi connectivity index (χ2n) is 6.57. The minimum atomic E-state index is -1.08. The molecule has 0 spiro atoms. The molecule has 9 nitrogen and oxygen atoms in total. The molecule has 0 aromatic heterocycles. The molecule has 29 heavy (non-hydrogen) atoms. The molecule has 146 valence electrons. The average Bonchev–Trinajstić information content (AvgIpc) is 3.20. The summed E-state index contributed by atoms with van der Waals surface area (Å²) in [7, 11) is 0. The molecule has 0 saturated carbocycles. The van der Waals surface area contributed by atoms with Crippen molar-refractivity contribution in [3.63, 3.8) is 0 Å². The van der Waals surface area contributed by atoms with E-state index in [9.17, 15) is 24.5 Å². The van der Waals surface area contributed by atoms with Crippen molar-refractivity contribution >= 4 is 56.3 Å². The Morgan fingerprint density at radius 3 is 2.41 bits per heavy atom. The molecule has 2 aliphatic rings. The fourth-order valence-electron chi connectivity index (χ4n) is 3.51. The number of ketones is 1. The van der Waals surface area contributed by atoms with Crippen LogP contribution < -0.4 is 9.91 Å². The Bertz CT molecular complexity index is 1100. The molecule has 2 aromatic carbocycles. The van der Waals surface area contributed by atoms with Crippen LogP contribution in [0.25, 0.3) is 0 Å². The van der Waals surface area contributed by atoms with Crippen LogP contribution in [0.15, 0.2) is 58.1 Å². The third-order valence-electron chi connectivity index (χ3n) is 4.80. The monoisotopic (exact) mass is 456 g/mol. The lowest BCUT2D eigenvalue weighted by Crippen LogP contribution is -2.39. The molecule has 0 aliphatic carbocycles. The molecule has 10 heteroatoms. The fourth-order valence-corrected chi connectivity index (χ4v) is 3.78. The van der Waals surface area contributed by atoms with E-state index in [0.29, 0.717) is 5.69 Å². The first-order valence-corrected chi connectivity index (χ1v) is 9.35. The van der Waals surface area contributed by atoms with Crippen LogP contribution in [0, 0.1) is 16.0 Å². The van der Waals surface area contributed by atoms with Crippen LogP contribution in [0.1, 0.15) is 6.92 Å². The zero-order valence-corrected chi connectivity index (χ0v) is 16.6. The number of hydrogen-bond acceptors (Lipinski definition) is 7. The molecule has 2 atom stereocenters. The van der Waals surface area contributed by atoms with Gasteiger partial charge in [0.15, 0.2) is 5.78 Å². The van der Waals surface area contributed by atoms with Crippen molar-refractivity contribution in [3.8, 4) is 0 Å². The molecule has 0 N–H and O–H groups in total. The zero-order valence-electron chi connectivity index (χ0n) is 15.0. The van der Waals surface area contributed by atoms with Gasteiger partial charge >= 0.3 is 0 Å². The normalized spacial score (nSPS) is 20.7. The summed E-state index contributed by atoms with van der Waals surface area (Å²) in [6, 6.07) is 11.1. The van der Waals surface area contributed by atoms with Gasteiger partial charge in [0.25, 0.3) is 11.6 Å². The maximum Gasteiger partial charge on any atom is 0.271 e. The SMILES string of the molecule is CC(=O)C1=NN(c2cccc([N+](=O)[O-])c2)[C@H]2C(=O)N(c3ccc(Br)cc3)C(=O)[C@@H]12. The second kappa shape index (κ2) is 6.89. The smallest absolute Gasteiger partial charge is 0.271 e. The average molecular weight is 457 g/mol. The molecule has 0 unspecified atom stereocenters. The van der Waals surface area contributed by atoms with Crippen LogP contribution in [0.2, 0.25) is 0 Å². The van der Waals surface area contributed by atoms with E-state index in [0.717, 1.165) is 9.37 Å². The Kier molecular flexibility index (Phi) is 4.50. The highest BCUT2D eigenvalue weighted by Gasteiger charge is 2.58. The van der Waals surface area contributed by atoms with Gasteiger partial charge in [0.1, 0.15) is 17.7 Å². The number of non-ortho nitro benzene ring substituents is 1. The van der Waals surface area contributed by atoms with Gasteiger partial charge in [-0.15, -0.1) is 0 Å². The Morgan fingerprint density at radius 1 is 1.10 bits per heavy atom. The lowest BCUT2D eigenvalue weighted by Gasteiger charge is -2.22. The Labute approximate surface area is 172 Å². The van der Waals surface area contributed by atoms with Gasteiger partial charge in [0, 0.05) is 23.5 Å². The van der Waals surface area contributed by atoms with E-state index in [2.05, 4.69) is 21.0 Å². The van der Waals surface area contributed by atoms with Gasteiger partial charge < -0.3 is 0 Å². The number of anilines is 2. The second-order valence-corrected chi connectivity index (χ2v) is 7.49. The maximum absolute atomic E-state index is 13.2. The largest absolute Gasteiger partial charge is 0.293 e. The fraction of sp³-hybridized carbons (Fsp3) is 0.158. The molecular weight excluding hydrogens is 444 g/mol. The van der Waals surface area contributed by atoms with Crippen molar-refractivity contribution in [2.45, 2.75) is 13.0 Å². The number of nitrogens with zero attached hydrogens (tertiary/aromatic N) is 4. The summed E-state index contributed by atoms with van der Waals surface area (Å²) in [4.78, 5) is 50.0. The summed E-state index contributed by atoms with van der Waals surface area (Å²) in [5, 5.41) is 16.5. The molecule has 1 saturated heterocycles. The van der Waals surface area contributed by atoms with Gasteiger partial charge in [-0.25, -0.2) is 4.90 Å². The van der Waals surface area contributed by atoms with Crippen LogP contribution in [-0.4, -0.2) is 34.3 Å². The van der Waals surface area contributed by atoms with Crippen molar-refractivity contribution in [2.24, 2.45) is 11.0 Å². The van der Waals surface area contributed by atoms with Crippen LogP contribution in [-0.2, 0) is 14.4 Å².